The van der Waals surface area contributed by atoms with E-state index >= 15 is 0 Å². The van der Waals surface area contributed by atoms with Crippen LogP contribution in [0.15, 0.2) is 36.4 Å². The Bertz CT molecular complexity index is 689. The molecule has 0 amide bonds. The summed E-state index contributed by atoms with van der Waals surface area (Å²) in [6.45, 7) is 8.53. The van der Waals surface area contributed by atoms with Gasteiger partial charge in [-0.05, 0) is 68.7 Å². The standard InChI is InChI=1S/C24H35N3O/c1-28-24-5-3-2-4-23(24)27-14-12-26(13-15-27)22-8-10-25(11-9-22)18-21-17-19-6-7-20(21)16-19/h2-7,19-22H,8-18H2,1H3/t19-,20+,21-/m1/s1. The summed E-state index contributed by atoms with van der Waals surface area (Å²) in [6, 6.07) is 9.22. The predicted molar refractivity (Wildman–Crippen MR) is 115 cm³/mol. The second-order valence-electron chi connectivity index (χ2n) is 9.27. The molecule has 2 aliphatic heterocycles. The van der Waals surface area contributed by atoms with Gasteiger partial charge in [-0.2, -0.15) is 0 Å². The molecule has 3 atom stereocenters. The van der Waals surface area contributed by atoms with Gasteiger partial charge in [0.05, 0.1) is 12.8 Å². The third-order valence-electron chi connectivity index (χ3n) is 7.72. The van der Waals surface area contributed by atoms with Gasteiger partial charge in [0.15, 0.2) is 0 Å². The SMILES string of the molecule is COc1ccccc1N1CCN(C2CCN(C[C@H]3C[C@@H]4C=C[C@H]3C4)CC2)CC1. The molecule has 0 unspecified atom stereocenters. The molecule has 2 saturated heterocycles. The van der Waals surface area contributed by atoms with Crippen molar-refractivity contribution < 1.29 is 4.74 Å². The number of piperidine rings is 1. The molecule has 4 aliphatic rings. The number of piperazine rings is 1. The van der Waals surface area contributed by atoms with Crippen molar-refractivity contribution in [1.82, 2.24) is 9.80 Å². The van der Waals surface area contributed by atoms with Crippen LogP contribution < -0.4 is 9.64 Å². The maximum atomic E-state index is 5.56. The van der Waals surface area contributed by atoms with Crippen molar-refractivity contribution in [3.05, 3.63) is 36.4 Å². The van der Waals surface area contributed by atoms with Crippen molar-refractivity contribution in [2.75, 3.05) is 57.8 Å². The summed E-state index contributed by atoms with van der Waals surface area (Å²) in [5, 5.41) is 0. The second-order valence-corrected chi connectivity index (χ2v) is 9.27. The zero-order chi connectivity index (χ0) is 18.9. The smallest absolute Gasteiger partial charge is 0.142 e. The summed E-state index contributed by atoms with van der Waals surface area (Å²) in [5.74, 6) is 3.74. The van der Waals surface area contributed by atoms with Gasteiger partial charge in [-0.1, -0.05) is 24.3 Å². The van der Waals surface area contributed by atoms with Crippen molar-refractivity contribution in [2.24, 2.45) is 17.8 Å². The molecule has 4 nitrogen and oxygen atoms in total. The monoisotopic (exact) mass is 381 g/mol. The van der Waals surface area contributed by atoms with Crippen LogP contribution in [0.1, 0.15) is 25.7 Å². The number of benzene rings is 1. The Hall–Kier alpha value is -1.52. The van der Waals surface area contributed by atoms with Crippen molar-refractivity contribution in [1.29, 1.82) is 0 Å². The van der Waals surface area contributed by atoms with Gasteiger partial charge in [0.1, 0.15) is 5.75 Å². The molecule has 0 radical (unpaired) electrons. The molecule has 1 aromatic rings. The number of para-hydroxylation sites is 2. The van der Waals surface area contributed by atoms with E-state index in [9.17, 15) is 0 Å². The van der Waals surface area contributed by atoms with Crippen LogP contribution in [0.5, 0.6) is 5.75 Å². The number of hydrogen-bond donors (Lipinski definition) is 0. The number of ether oxygens (including phenoxy) is 1. The number of hydrogen-bond acceptors (Lipinski definition) is 4. The first-order valence-electron chi connectivity index (χ1n) is 11.3. The van der Waals surface area contributed by atoms with Crippen LogP contribution in [-0.2, 0) is 0 Å². The number of likely N-dealkylation sites (tertiary alicyclic amines) is 1. The van der Waals surface area contributed by atoms with Gasteiger partial charge in [-0.25, -0.2) is 0 Å². The number of allylic oxidation sites excluding steroid dienone is 2. The lowest BCUT2D eigenvalue weighted by atomic mass is 9.92. The average Bonchev–Trinajstić information content (AvgIpc) is 3.38. The van der Waals surface area contributed by atoms with E-state index in [2.05, 4.69) is 51.1 Å². The number of nitrogens with zero attached hydrogens (tertiary/aromatic N) is 3. The highest BCUT2D eigenvalue weighted by Gasteiger charge is 2.37. The molecular formula is C24H35N3O. The summed E-state index contributed by atoms with van der Waals surface area (Å²) in [6.07, 6.45) is 10.6. The molecule has 1 saturated carbocycles. The zero-order valence-corrected chi connectivity index (χ0v) is 17.3. The van der Waals surface area contributed by atoms with Crippen molar-refractivity contribution in [2.45, 2.75) is 31.7 Å². The largest absolute Gasteiger partial charge is 0.495 e. The van der Waals surface area contributed by atoms with Gasteiger partial charge >= 0.3 is 0 Å². The van der Waals surface area contributed by atoms with E-state index < -0.39 is 0 Å². The average molecular weight is 382 g/mol. The molecule has 0 aromatic heterocycles. The summed E-state index contributed by atoms with van der Waals surface area (Å²) in [7, 11) is 1.77. The highest BCUT2D eigenvalue weighted by Crippen LogP contribution is 2.43. The predicted octanol–water partition coefficient (Wildman–Crippen LogP) is 3.49. The van der Waals surface area contributed by atoms with Crippen LogP contribution in [0.25, 0.3) is 0 Å². The molecule has 28 heavy (non-hydrogen) atoms. The first-order chi connectivity index (χ1) is 13.8. The summed E-state index contributed by atoms with van der Waals surface area (Å²) in [5.41, 5.74) is 1.25. The van der Waals surface area contributed by atoms with Gasteiger partial charge in [-0.15, -0.1) is 0 Å². The van der Waals surface area contributed by atoms with Crippen LogP contribution in [0.2, 0.25) is 0 Å². The number of anilines is 1. The van der Waals surface area contributed by atoms with E-state index in [1.54, 1.807) is 7.11 Å². The Labute approximate surface area is 170 Å². The minimum Gasteiger partial charge on any atom is -0.495 e. The lowest BCUT2D eigenvalue weighted by Gasteiger charge is -2.44. The fraction of sp³-hybridized carbons (Fsp3) is 0.667. The van der Waals surface area contributed by atoms with Crippen LogP contribution in [-0.4, -0.2) is 68.8 Å². The Kier molecular flexibility index (Phi) is 5.34. The van der Waals surface area contributed by atoms with E-state index in [1.165, 1.54) is 64.1 Å². The Morgan fingerprint density at radius 3 is 2.39 bits per heavy atom. The minimum atomic E-state index is 0.788. The number of fused-ring (bicyclic) bond motifs is 2. The van der Waals surface area contributed by atoms with Crippen LogP contribution in [0.4, 0.5) is 5.69 Å². The molecule has 4 heteroatoms. The fourth-order valence-electron chi connectivity index (χ4n) is 6.12. The van der Waals surface area contributed by atoms with Gasteiger partial charge in [-0.3, -0.25) is 4.90 Å². The van der Waals surface area contributed by atoms with Crippen molar-refractivity contribution in [3.63, 3.8) is 0 Å². The van der Waals surface area contributed by atoms with Crippen molar-refractivity contribution >= 4 is 5.69 Å². The molecular weight excluding hydrogens is 346 g/mol. The zero-order valence-electron chi connectivity index (χ0n) is 17.3. The number of rotatable bonds is 5. The fourth-order valence-corrected chi connectivity index (χ4v) is 6.12. The third kappa shape index (κ3) is 3.69. The Morgan fingerprint density at radius 1 is 0.929 bits per heavy atom. The van der Waals surface area contributed by atoms with E-state index in [4.69, 9.17) is 4.74 Å². The van der Waals surface area contributed by atoms with Crippen molar-refractivity contribution in [3.8, 4) is 5.75 Å². The maximum absolute atomic E-state index is 5.56. The molecule has 152 valence electrons. The Morgan fingerprint density at radius 2 is 1.71 bits per heavy atom. The minimum absolute atomic E-state index is 0.788. The normalized spacial score (nSPS) is 31.6. The van der Waals surface area contributed by atoms with Crippen LogP contribution in [0.3, 0.4) is 0 Å². The number of methoxy groups -OCH3 is 1. The topological polar surface area (TPSA) is 19.0 Å². The highest BCUT2D eigenvalue weighted by molar-refractivity contribution is 5.58. The summed E-state index contributed by atoms with van der Waals surface area (Å²) in [4.78, 5) is 8.01. The van der Waals surface area contributed by atoms with Gasteiger partial charge in [0.25, 0.3) is 0 Å². The molecule has 1 aromatic carbocycles. The van der Waals surface area contributed by atoms with E-state index in [0.29, 0.717) is 0 Å². The first-order valence-corrected chi connectivity index (χ1v) is 11.3. The lowest BCUT2D eigenvalue weighted by Crippen LogP contribution is -2.53. The molecule has 2 aliphatic carbocycles. The second kappa shape index (κ2) is 8.08. The van der Waals surface area contributed by atoms with Crippen LogP contribution >= 0.6 is 0 Å². The molecule has 0 N–H and O–H groups in total. The van der Waals surface area contributed by atoms with Gasteiger partial charge in [0.2, 0.25) is 0 Å². The highest BCUT2D eigenvalue weighted by atomic mass is 16.5. The quantitative estimate of drug-likeness (QED) is 0.727. The van der Waals surface area contributed by atoms with E-state index in [0.717, 1.165) is 42.6 Å². The first kappa shape index (κ1) is 18.5. The third-order valence-corrected chi connectivity index (χ3v) is 7.72. The van der Waals surface area contributed by atoms with Crippen LogP contribution in [0, 0.1) is 17.8 Å². The molecule has 0 spiro atoms. The maximum Gasteiger partial charge on any atom is 0.142 e. The summed E-state index contributed by atoms with van der Waals surface area (Å²) >= 11 is 0. The molecule has 5 rings (SSSR count). The van der Waals surface area contributed by atoms with E-state index in [-0.39, 0.29) is 0 Å². The molecule has 3 fully saturated rings. The van der Waals surface area contributed by atoms with E-state index in [1.807, 2.05) is 0 Å². The summed E-state index contributed by atoms with van der Waals surface area (Å²) < 4.78 is 5.56. The lowest BCUT2D eigenvalue weighted by molar-refractivity contribution is 0.0918. The van der Waals surface area contributed by atoms with Gasteiger partial charge in [0, 0.05) is 38.8 Å². The van der Waals surface area contributed by atoms with Gasteiger partial charge < -0.3 is 14.5 Å². The Balaban J connectivity index is 1.09. The molecule has 2 bridgehead atoms. The molecule has 2 heterocycles.